The summed E-state index contributed by atoms with van der Waals surface area (Å²) >= 11 is 6.01. The van der Waals surface area contributed by atoms with Crippen LogP contribution in [0.25, 0.3) is 11.4 Å². The molecule has 7 nitrogen and oxygen atoms in total. The van der Waals surface area contributed by atoms with Crippen LogP contribution in [0.1, 0.15) is 30.3 Å². The molecule has 1 atom stereocenters. The monoisotopic (exact) mass is 425 g/mol. The Morgan fingerprint density at radius 1 is 1.03 bits per heavy atom. The highest BCUT2D eigenvalue weighted by Crippen LogP contribution is 2.33. The first-order valence-corrected chi connectivity index (χ1v) is 10.8. The van der Waals surface area contributed by atoms with Crippen molar-refractivity contribution < 1.29 is 9.26 Å². The zero-order valence-corrected chi connectivity index (χ0v) is 17.5. The summed E-state index contributed by atoms with van der Waals surface area (Å²) in [6, 6.07) is 12.2. The average molecular weight is 426 g/mol. The highest BCUT2D eigenvalue weighted by Gasteiger charge is 2.31. The second-order valence-electron chi connectivity index (χ2n) is 7.72. The molecule has 2 aromatic heterocycles. The summed E-state index contributed by atoms with van der Waals surface area (Å²) in [5.41, 5.74) is 2.10. The van der Waals surface area contributed by atoms with Gasteiger partial charge in [-0.05, 0) is 49.2 Å². The van der Waals surface area contributed by atoms with Crippen molar-refractivity contribution in [3.05, 3.63) is 59.1 Å². The van der Waals surface area contributed by atoms with E-state index >= 15 is 0 Å². The van der Waals surface area contributed by atoms with Gasteiger partial charge in [0.25, 0.3) is 0 Å². The SMILES string of the molecule is Clc1ccc(CN2CCC[C@H]2c2nc(-c3ccc(N4CCOCC4)nc3)no2)cc1. The van der Waals surface area contributed by atoms with Gasteiger partial charge in [0.15, 0.2) is 0 Å². The number of anilines is 1. The molecule has 0 unspecified atom stereocenters. The van der Waals surface area contributed by atoms with Gasteiger partial charge in [0.05, 0.1) is 19.3 Å². The number of ether oxygens (including phenoxy) is 1. The fourth-order valence-electron chi connectivity index (χ4n) is 4.11. The molecule has 2 fully saturated rings. The number of aromatic nitrogens is 3. The molecule has 0 saturated carbocycles. The summed E-state index contributed by atoms with van der Waals surface area (Å²) in [5.74, 6) is 2.22. The first-order chi connectivity index (χ1) is 14.8. The van der Waals surface area contributed by atoms with E-state index < -0.39 is 0 Å². The number of hydrogen-bond donors (Lipinski definition) is 0. The maximum atomic E-state index is 6.01. The van der Waals surface area contributed by atoms with Crippen LogP contribution in [-0.2, 0) is 11.3 Å². The molecule has 5 rings (SSSR count). The molecule has 2 saturated heterocycles. The van der Waals surface area contributed by atoms with E-state index in [-0.39, 0.29) is 6.04 Å². The van der Waals surface area contributed by atoms with E-state index in [1.165, 1.54) is 5.56 Å². The topological polar surface area (TPSA) is 67.5 Å². The van der Waals surface area contributed by atoms with Crippen molar-refractivity contribution in [2.24, 2.45) is 0 Å². The summed E-state index contributed by atoms with van der Waals surface area (Å²) in [7, 11) is 0. The van der Waals surface area contributed by atoms with Crippen LogP contribution in [0.4, 0.5) is 5.82 Å². The van der Waals surface area contributed by atoms with E-state index in [1.54, 1.807) is 0 Å². The lowest BCUT2D eigenvalue weighted by Crippen LogP contribution is -2.36. The zero-order valence-electron chi connectivity index (χ0n) is 16.7. The van der Waals surface area contributed by atoms with Gasteiger partial charge < -0.3 is 14.2 Å². The third-order valence-electron chi connectivity index (χ3n) is 5.73. The Hall–Kier alpha value is -2.48. The van der Waals surface area contributed by atoms with Crippen LogP contribution in [0.15, 0.2) is 47.1 Å². The summed E-state index contributed by atoms with van der Waals surface area (Å²) in [6.07, 6.45) is 3.95. The van der Waals surface area contributed by atoms with Crippen molar-refractivity contribution in [2.75, 3.05) is 37.7 Å². The minimum absolute atomic E-state index is 0.141. The summed E-state index contributed by atoms with van der Waals surface area (Å²) in [5, 5.41) is 4.98. The highest BCUT2D eigenvalue weighted by molar-refractivity contribution is 6.30. The third-order valence-corrected chi connectivity index (χ3v) is 5.98. The molecular formula is C22H24ClN5O2. The van der Waals surface area contributed by atoms with Crippen LogP contribution in [-0.4, -0.2) is 52.9 Å². The molecule has 0 spiro atoms. The van der Waals surface area contributed by atoms with Crippen LogP contribution < -0.4 is 4.90 Å². The average Bonchev–Trinajstić information content (AvgIpc) is 3.46. The van der Waals surface area contributed by atoms with Crippen molar-refractivity contribution in [3.8, 4) is 11.4 Å². The molecule has 0 N–H and O–H groups in total. The van der Waals surface area contributed by atoms with E-state index in [4.69, 9.17) is 25.8 Å². The smallest absolute Gasteiger partial charge is 0.244 e. The lowest BCUT2D eigenvalue weighted by Gasteiger charge is -2.27. The van der Waals surface area contributed by atoms with Crippen molar-refractivity contribution in [2.45, 2.75) is 25.4 Å². The first-order valence-electron chi connectivity index (χ1n) is 10.4. The van der Waals surface area contributed by atoms with Gasteiger partial charge in [-0.3, -0.25) is 4.90 Å². The summed E-state index contributed by atoms with van der Waals surface area (Å²) in [4.78, 5) is 13.9. The Morgan fingerprint density at radius 2 is 1.87 bits per heavy atom. The second kappa shape index (κ2) is 8.71. The van der Waals surface area contributed by atoms with Gasteiger partial charge in [-0.15, -0.1) is 0 Å². The van der Waals surface area contributed by atoms with Gasteiger partial charge in [-0.2, -0.15) is 4.98 Å². The maximum Gasteiger partial charge on any atom is 0.244 e. The molecule has 0 radical (unpaired) electrons. The van der Waals surface area contributed by atoms with Crippen LogP contribution in [0.5, 0.6) is 0 Å². The molecule has 0 amide bonds. The van der Waals surface area contributed by atoms with E-state index in [2.05, 4.69) is 32.1 Å². The predicted molar refractivity (Wildman–Crippen MR) is 114 cm³/mol. The largest absolute Gasteiger partial charge is 0.378 e. The summed E-state index contributed by atoms with van der Waals surface area (Å²) in [6.45, 7) is 5.07. The molecule has 4 heterocycles. The zero-order chi connectivity index (χ0) is 20.3. The number of nitrogens with zero attached hydrogens (tertiary/aromatic N) is 5. The second-order valence-corrected chi connectivity index (χ2v) is 8.15. The molecule has 3 aromatic rings. The molecule has 0 aliphatic carbocycles. The van der Waals surface area contributed by atoms with E-state index in [0.717, 1.165) is 68.6 Å². The van der Waals surface area contributed by atoms with E-state index in [0.29, 0.717) is 11.7 Å². The lowest BCUT2D eigenvalue weighted by molar-refractivity contribution is 0.122. The number of benzene rings is 1. The van der Waals surface area contributed by atoms with E-state index in [9.17, 15) is 0 Å². The Kier molecular flexibility index (Phi) is 5.66. The summed E-state index contributed by atoms with van der Waals surface area (Å²) < 4.78 is 11.1. The van der Waals surface area contributed by atoms with Crippen LogP contribution in [0.3, 0.4) is 0 Å². The predicted octanol–water partition coefficient (Wildman–Crippen LogP) is 3.96. The molecule has 30 heavy (non-hydrogen) atoms. The van der Waals surface area contributed by atoms with Crippen LogP contribution in [0.2, 0.25) is 5.02 Å². The van der Waals surface area contributed by atoms with Crippen molar-refractivity contribution >= 4 is 17.4 Å². The molecule has 2 aliphatic heterocycles. The molecule has 8 heteroatoms. The van der Waals surface area contributed by atoms with Gasteiger partial charge in [0.1, 0.15) is 5.82 Å². The standard InChI is InChI=1S/C22H24ClN5O2/c23-18-6-3-16(4-7-18)15-28-9-1-2-19(28)22-25-21(26-30-22)17-5-8-20(24-14-17)27-10-12-29-13-11-27/h3-8,14,19H,1-2,9-13,15H2/t19-/m0/s1. The molecule has 1 aromatic carbocycles. The van der Waals surface area contributed by atoms with Crippen molar-refractivity contribution in [1.29, 1.82) is 0 Å². The number of halogens is 1. The Balaban J connectivity index is 1.29. The number of hydrogen-bond acceptors (Lipinski definition) is 7. The first kappa shape index (κ1) is 19.5. The van der Waals surface area contributed by atoms with Gasteiger partial charge in [-0.1, -0.05) is 28.9 Å². The third kappa shape index (κ3) is 4.19. The highest BCUT2D eigenvalue weighted by atomic mass is 35.5. The van der Waals surface area contributed by atoms with E-state index in [1.807, 2.05) is 30.5 Å². The number of likely N-dealkylation sites (tertiary alicyclic amines) is 1. The minimum atomic E-state index is 0.141. The van der Waals surface area contributed by atoms with Crippen molar-refractivity contribution in [1.82, 2.24) is 20.0 Å². The maximum absolute atomic E-state index is 6.01. The number of morpholine rings is 1. The van der Waals surface area contributed by atoms with Crippen molar-refractivity contribution in [3.63, 3.8) is 0 Å². The van der Waals surface area contributed by atoms with Crippen LogP contribution in [0, 0.1) is 0 Å². The Labute approximate surface area is 180 Å². The molecular weight excluding hydrogens is 402 g/mol. The number of rotatable bonds is 5. The molecule has 2 aliphatic rings. The minimum Gasteiger partial charge on any atom is -0.378 e. The molecule has 156 valence electrons. The van der Waals surface area contributed by atoms with Gasteiger partial charge in [0.2, 0.25) is 11.7 Å². The Morgan fingerprint density at radius 3 is 2.63 bits per heavy atom. The van der Waals surface area contributed by atoms with Gasteiger partial charge in [-0.25, -0.2) is 4.98 Å². The van der Waals surface area contributed by atoms with Gasteiger partial charge >= 0.3 is 0 Å². The fourth-order valence-corrected chi connectivity index (χ4v) is 4.23. The van der Waals surface area contributed by atoms with Crippen LogP contribution >= 0.6 is 11.6 Å². The Bertz CT molecular complexity index is 970. The number of pyridine rings is 1. The molecule has 0 bridgehead atoms. The normalized spacial score (nSPS) is 20.0. The lowest BCUT2D eigenvalue weighted by atomic mass is 10.2. The quantitative estimate of drug-likeness (QED) is 0.612. The van der Waals surface area contributed by atoms with Gasteiger partial charge in [0, 0.05) is 36.4 Å². The fraction of sp³-hybridized carbons (Fsp3) is 0.409.